The minimum absolute atomic E-state index is 0.714. The van der Waals surface area contributed by atoms with Gasteiger partial charge in [-0.25, -0.2) is 0 Å². The molecule has 17 rings (SSSR count). The lowest BCUT2D eigenvalue weighted by atomic mass is 9.67. The van der Waals surface area contributed by atoms with Gasteiger partial charge >= 0.3 is 0 Å². The zero-order valence-corrected chi connectivity index (χ0v) is 48.1. The van der Waals surface area contributed by atoms with Gasteiger partial charge in [0.25, 0.3) is 0 Å². The van der Waals surface area contributed by atoms with Crippen LogP contribution in [0.4, 0.5) is 34.1 Å². The summed E-state index contributed by atoms with van der Waals surface area (Å²) in [4.78, 5) is 7.35. The van der Waals surface area contributed by atoms with Crippen LogP contribution in [0.2, 0.25) is 0 Å². The fourth-order valence-corrected chi connectivity index (χ4v) is 20.4. The SMILES string of the molecule is c1ccc(-n2c3ccccc3c3cc(C4(c5cccc([Si](c6ccccc6)(c6ccccc6)c6cc(N7c8ccccc8Oc8ccccc87)cc(N7c8ccccc8Sc8ccccc87)c6)c5)c5ccccc5-c5ccccc54)ccc32)cc1. The number of para-hydroxylation sites is 8. The van der Waals surface area contributed by atoms with Gasteiger partial charge < -0.3 is 19.1 Å². The first-order chi connectivity index (χ1) is 42.2. The maximum Gasteiger partial charge on any atom is 0.179 e. The molecule has 1 aromatic heterocycles. The molecule has 0 amide bonds. The normalized spacial score (nSPS) is 13.5. The van der Waals surface area contributed by atoms with Crippen molar-refractivity contribution in [1.82, 2.24) is 4.57 Å². The molecule has 85 heavy (non-hydrogen) atoms. The first-order valence-corrected chi connectivity index (χ1v) is 32.0. The Hall–Kier alpha value is -10.4. The molecule has 2 aliphatic heterocycles. The molecule has 0 fully saturated rings. The number of benzene rings is 13. The lowest BCUT2D eigenvalue weighted by molar-refractivity contribution is 0.477. The van der Waals surface area contributed by atoms with E-state index in [4.69, 9.17) is 4.74 Å². The van der Waals surface area contributed by atoms with Gasteiger partial charge in [-0.3, -0.25) is 0 Å². The summed E-state index contributed by atoms with van der Waals surface area (Å²) in [5.41, 5.74) is 16.7. The van der Waals surface area contributed by atoms with Gasteiger partial charge in [-0.1, -0.05) is 236 Å². The van der Waals surface area contributed by atoms with Crippen molar-refractivity contribution in [3.05, 3.63) is 344 Å². The lowest BCUT2D eigenvalue weighted by Crippen LogP contribution is -2.75. The molecule has 0 bridgehead atoms. The van der Waals surface area contributed by atoms with Crippen molar-refractivity contribution in [1.29, 1.82) is 0 Å². The second-order valence-electron chi connectivity index (χ2n) is 22.3. The van der Waals surface area contributed by atoms with Gasteiger partial charge in [-0.2, -0.15) is 0 Å². The van der Waals surface area contributed by atoms with E-state index in [0.717, 1.165) is 51.3 Å². The monoisotopic (exact) mass is 1120 g/mol. The van der Waals surface area contributed by atoms with E-state index in [0.29, 0.717) is 0 Å². The van der Waals surface area contributed by atoms with Crippen molar-refractivity contribution in [2.45, 2.75) is 15.2 Å². The minimum Gasteiger partial charge on any atom is -0.453 e. The Morgan fingerprint density at radius 3 is 1.40 bits per heavy atom. The molecule has 1 aliphatic carbocycles. The van der Waals surface area contributed by atoms with Crippen LogP contribution < -0.4 is 35.3 Å². The molecule has 6 heteroatoms. The Morgan fingerprint density at radius 1 is 0.306 bits per heavy atom. The summed E-state index contributed by atoms with van der Waals surface area (Å²) in [5.74, 6) is 1.62. The van der Waals surface area contributed by atoms with Crippen LogP contribution in [0, 0.1) is 0 Å². The molecular weight excluding hydrogens is 1070 g/mol. The van der Waals surface area contributed by atoms with E-state index in [1.165, 1.54) is 85.7 Å². The zero-order chi connectivity index (χ0) is 56.1. The third-order valence-electron chi connectivity index (χ3n) is 17.9. The second kappa shape index (κ2) is 19.6. The number of nitrogens with zero attached hydrogens (tertiary/aromatic N) is 3. The molecule has 400 valence electrons. The quantitative estimate of drug-likeness (QED) is 0.106. The average Bonchev–Trinajstić information content (AvgIpc) is 1.70. The molecule has 0 N–H and O–H groups in total. The Balaban J connectivity index is 0.985. The number of anilines is 6. The van der Waals surface area contributed by atoms with Crippen LogP contribution in [0.3, 0.4) is 0 Å². The average molecular weight is 1120 g/mol. The van der Waals surface area contributed by atoms with Gasteiger partial charge in [-0.05, 0) is 151 Å². The van der Waals surface area contributed by atoms with E-state index in [1.54, 1.807) is 0 Å². The van der Waals surface area contributed by atoms with Gasteiger partial charge in [0, 0.05) is 37.6 Å². The van der Waals surface area contributed by atoms with Gasteiger partial charge in [-0.15, -0.1) is 0 Å². The van der Waals surface area contributed by atoms with Gasteiger partial charge in [0.15, 0.2) is 19.6 Å². The highest BCUT2D eigenvalue weighted by Gasteiger charge is 2.49. The van der Waals surface area contributed by atoms with E-state index in [1.807, 2.05) is 11.8 Å². The smallest absolute Gasteiger partial charge is 0.179 e. The van der Waals surface area contributed by atoms with Crippen molar-refractivity contribution in [3.63, 3.8) is 0 Å². The number of hydrogen-bond donors (Lipinski definition) is 0. The van der Waals surface area contributed by atoms with Crippen molar-refractivity contribution >= 4 is 96.5 Å². The number of hydrogen-bond acceptors (Lipinski definition) is 4. The standard InChI is InChI=1S/C79H53N3OSSi/c1-4-26-56(27-5-1)80-69-38-15-12-35-65(69)66-50-55(47-48-70(66)80)79(67-36-13-10-33-63(67)64-34-11-14-37-68(64)79)54-25-24-32-61(49-54)85(59-28-6-2-7-29-59,60-30-8-3-9-31-60)62-52-57(81-71-39-16-20-43-75(71)83-76-44-21-17-40-72(76)81)51-58(53-62)82-73-41-18-22-45-77(73)84-78-46-23-19-42-74(78)82/h1-53H. The molecule has 4 nitrogen and oxygen atoms in total. The number of ether oxygens (including phenoxy) is 1. The molecule has 14 aromatic rings. The maximum atomic E-state index is 6.75. The molecule has 13 aromatic carbocycles. The number of fused-ring (bicyclic) bond motifs is 10. The van der Waals surface area contributed by atoms with Crippen molar-refractivity contribution in [2.24, 2.45) is 0 Å². The Morgan fingerprint density at radius 2 is 0.776 bits per heavy atom. The van der Waals surface area contributed by atoms with E-state index >= 15 is 0 Å². The van der Waals surface area contributed by atoms with Crippen LogP contribution in [0.5, 0.6) is 11.5 Å². The van der Waals surface area contributed by atoms with Crippen LogP contribution in [-0.2, 0) is 5.41 Å². The molecule has 0 atom stereocenters. The summed E-state index contributed by atoms with van der Waals surface area (Å²) < 4.78 is 9.18. The highest BCUT2D eigenvalue weighted by atomic mass is 32.2. The fourth-order valence-electron chi connectivity index (χ4n) is 14.5. The molecule has 0 spiro atoms. The maximum absolute atomic E-state index is 6.75. The highest BCUT2D eigenvalue weighted by molar-refractivity contribution is 7.99. The van der Waals surface area contributed by atoms with Crippen LogP contribution in [0.15, 0.2) is 331 Å². The van der Waals surface area contributed by atoms with Gasteiger partial charge in [0.2, 0.25) is 0 Å². The third-order valence-corrected chi connectivity index (χ3v) is 23.8. The molecular formula is C79H53N3OSSi. The molecule has 3 aliphatic rings. The van der Waals surface area contributed by atoms with Gasteiger partial charge in [0.05, 0.1) is 39.2 Å². The lowest BCUT2D eigenvalue weighted by Gasteiger charge is -2.40. The molecule has 0 saturated carbocycles. The fraction of sp³-hybridized carbons (Fsp3) is 0.0127. The summed E-state index contributed by atoms with van der Waals surface area (Å²) in [5, 5.41) is 7.56. The third kappa shape index (κ3) is 7.42. The topological polar surface area (TPSA) is 20.6 Å². The summed E-state index contributed by atoms with van der Waals surface area (Å²) >= 11 is 1.84. The number of aromatic nitrogens is 1. The van der Waals surface area contributed by atoms with Crippen molar-refractivity contribution in [3.8, 4) is 28.3 Å². The first-order valence-electron chi connectivity index (χ1n) is 29.1. The minimum atomic E-state index is -3.46. The molecule has 3 heterocycles. The highest BCUT2D eigenvalue weighted by Crippen LogP contribution is 2.58. The summed E-state index contributed by atoms with van der Waals surface area (Å²) in [6, 6.07) is 120. The predicted molar refractivity (Wildman–Crippen MR) is 355 cm³/mol. The zero-order valence-electron chi connectivity index (χ0n) is 46.3. The van der Waals surface area contributed by atoms with Crippen molar-refractivity contribution in [2.75, 3.05) is 9.80 Å². The predicted octanol–water partition coefficient (Wildman–Crippen LogP) is 18.0. The summed E-state index contributed by atoms with van der Waals surface area (Å²) in [6.07, 6.45) is 0. The van der Waals surface area contributed by atoms with Crippen LogP contribution in [0.25, 0.3) is 38.6 Å². The van der Waals surface area contributed by atoms with E-state index in [2.05, 4.69) is 336 Å². The second-order valence-corrected chi connectivity index (χ2v) is 27.2. The van der Waals surface area contributed by atoms with E-state index in [-0.39, 0.29) is 0 Å². The molecule has 0 unspecified atom stereocenters. The summed E-state index contributed by atoms with van der Waals surface area (Å²) in [6.45, 7) is 0. The van der Waals surface area contributed by atoms with Crippen LogP contribution in [-0.4, -0.2) is 12.6 Å². The summed E-state index contributed by atoms with van der Waals surface area (Å²) in [7, 11) is -3.46. The molecule has 0 radical (unpaired) electrons. The largest absolute Gasteiger partial charge is 0.453 e. The number of rotatable bonds is 9. The van der Waals surface area contributed by atoms with Gasteiger partial charge in [0.1, 0.15) is 0 Å². The molecule has 0 saturated heterocycles. The first kappa shape index (κ1) is 49.3. The van der Waals surface area contributed by atoms with E-state index < -0.39 is 13.5 Å². The Bertz CT molecular complexity index is 4650. The van der Waals surface area contributed by atoms with Crippen LogP contribution in [0.1, 0.15) is 22.3 Å². The Labute approximate surface area is 499 Å². The van der Waals surface area contributed by atoms with Crippen molar-refractivity contribution < 1.29 is 4.74 Å². The Kier molecular flexibility index (Phi) is 11.4. The van der Waals surface area contributed by atoms with E-state index in [9.17, 15) is 0 Å². The van der Waals surface area contributed by atoms with Crippen LogP contribution >= 0.6 is 11.8 Å².